The highest BCUT2D eigenvalue weighted by atomic mass is 32.1. The molecule has 0 radical (unpaired) electrons. The van der Waals surface area contributed by atoms with E-state index in [-0.39, 0.29) is 44.6 Å². The van der Waals surface area contributed by atoms with Gasteiger partial charge in [0.2, 0.25) is 0 Å². The van der Waals surface area contributed by atoms with Crippen molar-refractivity contribution in [1.29, 1.82) is 0 Å². The van der Waals surface area contributed by atoms with Crippen molar-refractivity contribution in [2.24, 2.45) is 0 Å². The smallest absolute Gasteiger partial charge is 0.264 e. The third kappa shape index (κ3) is 7.60. The molecule has 0 saturated heterocycles. The number of benzene rings is 6. The van der Waals surface area contributed by atoms with Crippen molar-refractivity contribution in [3.8, 4) is 11.1 Å². The summed E-state index contributed by atoms with van der Waals surface area (Å²) in [5.41, 5.74) is 24.9. The van der Waals surface area contributed by atoms with Crippen LogP contribution in [0.2, 0.25) is 0 Å². The quantitative estimate of drug-likeness (QED) is 0.163. The lowest BCUT2D eigenvalue weighted by atomic mass is 9.36. The Kier molecular flexibility index (Phi) is 10.5. The van der Waals surface area contributed by atoms with Crippen LogP contribution in [0.3, 0.4) is 0 Å². The molecule has 0 saturated carbocycles. The summed E-state index contributed by atoms with van der Waals surface area (Å²) in [4.78, 5) is 5.41. The van der Waals surface area contributed by atoms with Crippen molar-refractivity contribution in [1.82, 2.24) is 0 Å². The van der Waals surface area contributed by atoms with Gasteiger partial charge < -0.3 is 9.80 Å². The van der Waals surface area contributed by atoms with Crippen molar-refractivity contribution in [3.63, 3.8) is 0 Å². The van der Waals surface area contributed by atoms with Crippen LogP contribution in [0, 0.1) is 6.92 Å². The van der Waals surface area contributed by atoms with Gasteiger partial charge in [0, 0.05) is 43.2 Å². The van der Waals surface area contributed by atoms with Crippen LogP contribution in [0.15, 0.2) is 103 Å². The van der Waals surface area contributed by atoms with Gasteiger partial charge in [-0.15, -0.1) is 11.3 Å². The van der Waals surface area contributed by atoms with Crippen molar-refractivity contribution < 1.29 is 0 Å². The molecular weight excluding hydrogens is 876 g/mol. The molecule has 6 aromatic carbocycles. The summed E-state index contributed by atoms with van der Waals surface area (Å²) in [5, 5.41) is 1.40. The average molecular weight is 955 g/mol. The fraction of sp³-hybridized carbons (Fsp3) is 0.433. The summed E-state index contributed by atoms with van der Waals surface area (Å²) in [6.45, 7) is 43.3. The van der Waals surface area contributed by atoms with E-state index in [9.17, 15) is 0 Å². The largest absolute Gasteiger partial charge is 0.311 e. The maximum absolute atomic E-state index is 2.74. The summed E-state index contributed by atoms with van der Waals surface area (Å²) in [7, 11) is 0. The number of aryl methyl sites for hydroxylation is 1. The Balaban J connectivity index is 1.26. The highest BCUT2D eigenvalue weighted by molar-refractivity contribution is 7.33. The fourth-order valence-corrected chi connectivity index (χ4v) is 14.3. The molecule has 2 nitrogen and oxygen atoms in total. The van der Waals surface area contributed by atoms with E-state index >= 15 is 0 Å². The second kappa shape index (κ2) is 15.5. The monoisotopic (exact) mass is 955 g/mol. The van der Waals surface area contributed by atoms with E-state index in [1.807, 2.05) is 0 Å². The van der Waals surface area contributed by atoms with Crippen LogP contribution in [-0.4, -0.2) is 6.71 Å². The first kappa shape index (κ1) is 48.2. The van der Waals surface area contributed by atoms with Crippen LogP contribution in [0.25, 0.3) is 21.2 Å². The zero-order valence-electron chi connectivity index (χ0n) is 46.5. The van der Waals surface area contributed by atoms with Crippen molar-refractivity contribution in [2.75, 3.05) is 9.80 Å². The number of hydrogen-bond donors (Lipinski definition) is 0. The molecule has 0 amide bonds. The maximum Gasteiger partial charge on any atom is 0.264 e. The molecule has 4 heteroatoms. The molecule has 4 aliphatic rings. The first-order chi connectivity index (χ1) is 33.0. The lowest BCUT2D eigenvalue weighted by Crippen LogP contribution is -2.60. The number of nitrogens with zero attached hydrogens (tertiary/aromatic N) is 2. The number of fused-ring (bicyclic) bond motifs is 8. The summed E-state index contributed by atoms with van der Waals surface area (Å²) in [5.74, 6) is 0. The van der Waals surface area contributed by atoms with Gasteiger partial charge in [-0.25, -0.2) is 0 Å². The Labute approximate surface area is 432 Å². The summed E-state index contributed by atoms with van der Waals surface area (Å²) in [6, 6.07) is 42.2. The highest BCUT2D eigenvalue weighted by Gasteiger charge is 2.48. The Morgan fingerprint density at radius 3 is 1.54 bits per heavy atom. The molecule has 0 unspecified atom stereocenters. The van der Waals surface area contributed by atoms with Crippen LogP contribution < -0.4 is 25.5 Å². The molecule has 7 aromatic rings. The lowest BCUT2D eigenvalue weighted by molar-refractivity contribution is 0.332. The fourth-order valence-electron chi connectivity index (χ4n) is 13.0. The van der Waals surface area contributed by atoms with Crippen LogP contribution in [0.5, 0.6) is 0 Å². The lowest BCUT2D eigenvalue weighted by Gasteiger charge is -2.45. The molecule has 0 atom stereocenters. The first-order valence-corrected chi connectivity index (χ1v) is 27.7. The molecular formula is C67H79BN2S. The molecule has 1 aromatic heterocycles. The molecule has 366 valence electrons. The standard InChI is InChI=1S/C67H79BN2S/c1-40-33-55-58-56(34-40)70(53-27-23-43(62(5,6)7)35-46(53)41-19-21-42(22-20-41)61(2,3)4)54-28-24-44(63(8,9)10)36-52(54)68(58)60-59(47-38-50-51(39-57(47)71-60)67(17,18)32-31-66(50,15)16)69(55)45-25-26-48-49(37-45)65(13,14)30-29-64(48,11)12/h19-28,33-39H,29-32H2,1-18H3. The van der Waals surface area contributed by atoms with Crippen LogP contribution in [-0.2, 0) is 37.9 Å². The van der Waals surface area contributed by atoms with E-state index in [0.717, 1.165) is 0 Å². The number of anilines is 6. The van der Waals surface area contributed by atoms with Gasteiger partial charge in [0.25, 0.3) is 6.71 Å². The SMILES string of the molecule is Cc1cc2c3c(c1)N(c1ccc4c(c1)C(C)(C)CCC4(C)C)c1c(sc4cc5c(cc14)C(C)(C)CCC5(C)C)B3c1cc(C(C)(C)C)ccc1N2c1ccc(C(C)(C)C)cc1-c1ccc(C(C)(C)C)cc1. The van der Waals surface area contributed by atoms with Gasteiger partial charge in [-0.2, -0.15) is 0 Å². The zero-order chi connectivity index (χ0) is 50.9. The second-order valence-corrected chi connectivity index (χ2v) is 29.2. The molecule has 0 bridgehead atoms. The summed E-state index contributed by atoms with van der Waals surface area (Å²) in [6.07, 6.45) is 4.77. The molecule has 2 aliphatic carbocycles. The van der Waals surface area contributed by atoms with Crippen molar-refractivity contribution >= 4 is 78.0 Å². The van der Waals surface area contributed by atoms with E-state index in [2.05, 4.69) is 249 Å². The van der Waals surface area contributed by atoms with Gasteiger partial charge in [-0.3, -0.25) is 0 Å². The van der Waals surface area contributed by atoms with E-state index in [4.69, 9.17) is 0 Å². The third-order valence-corrected chi connectivity index (χ3v) is 19.1. The topological polar surface area (TPSA) is 6.48 Å². The molecule has 11 rings (SSSR count). The Morgan fingerprint density at radius 2 is 0.958 bits per heavy atom. The molecule has 3 heterocycles. The minimum absolute atomic E-state index is 0.0198. The van der Waals surface area contributed by atoms with Gasteiger partial charge >= 0.3 is 0 Å². The minimum atomic E-state index is -0.0335. The number of thiophene rings is 1. The predicted octanol–water partition coefficient (Wildman–Crippen LogP) is 17.5. The Morgan fingerprint density at radius 1 is 0.465 bits per heavy atom. The van der Waals surface area contributed by atoms with E-state index in [1.54, 1.807) is 0 Å². The number of hydrogen-bond acceptors (Lipinski definition) is 3. The van der Waals surface area contributed by atoms with E-state index in [0.29, 0.717) is 0 Å². The summed E-state index contributed by atoms with van der Waals surface area (Å²) < 4.78 is 2.87. The van der Waals surface area contributed by atoms with Gasteiger partial charge in [0.1, 0.15) is 0 Å². The van der Waals surface area contributed by atoms with Gasteiger partial charge in [0.05, 0.1) is 11.4 Å². The Bertz CT molecular complexity index is 3330. The van der Waals surface area contributed by atoms with E-state index < -0.39 is 0 Å². The molecule has 0 spiro atoms. The van der Waals surface area contributed by atoms with Crippen molar-refractivity contribution in [2.45, 2.75) is 188 Å². The number of rotatable bonds is 3. The second-order valence-electron chi connectivity index (χ2n) is 28.1. The van der Waals surface area contributed by atoms with Gasteiger partial charge in [0.15, 0.2) is 0 Å². The molecule has 0 fully saturated rings. The maximum atomic E-state index is 2.74. The van der Waals surface area contributed by atoms with E-state index in [1.165, 1.54) is 141 Å². The normalized spacial score (nSPS) is 18.4. The first-order valence-electron chi connectivity index (χ1n) is 26.9. The van der Waals surface area contributed by atoms with Crippen molar-refractivity contribution in [3.05, 3.63) is 148 Å². The minimum Gasteiger partial charge on any atom is -0.311 e. The Hall–Kier alpha value is -5.06. The molecule has 71 heavy (non-hydrogen) atoms. The van der Waals surface area contributed by atoms with Crippen LogP contribution >= 0.6 is 11.3 Å². The zero-order valence-corrected chi connectivity index (χ0v) is 47.3. The van der Waals surface area contributed by atoms with Gasteiger partial charge in [-0.1, -0.05) is 166 Å². The van der Waals surface area contributed by atoms with Crippen LogP contribution in [0.1, 0.15) is 188 Å². The molecule has 2 aliphatic heterocycles. The predicted molar refractivity (Wildman–Crippen MR) is 313 cm³/mol. The average Bonchev–Trinajstić information content (AvgIpc) is 3.66. The van der Waals surface area contributed by atoms with Gasteiger partial charge in [-0.05, 0) is 186 Å². The molecule has 0 N–H and O–H groups in total. The highest BCUT2D eigenvalue weighted by Crippen LogP contribution is 2.55. The third-order valence-electron chi connectivity index (χ3n) is 17.9. The summed E-state index contributed by atoms with van der Waals surface area (Å²) >= 11 is 2.06. The van der Waals surface area contributed by atoms with Crippen LogP contribution in [0.4, 0.5) is 34.1 Å².